The van der Waals surface area contributed by atoms with Crippen LogP contribution in [0.15, 0.2) is 53.2 Å². The zero-order valence-corrected chi connectivity index (χ0v) is 15.3. The second-order valence-corrected chi connectivity index (χ2v) is 6.37. The van der Waals surface area contributed by atoms with Crippen LogP contribution in [0.1, 0.15) is 33.9 Å². The van der Waals surface area contributed by atoms with Gasteiger partial charge in [0.25, 0.3) is 0 Å². The number of aromatic carboxylic acids is 1. The summed E-state index contributed by atoms with van der Waals surface area (Å²) in [5.74, 6) is -0.287. The Morgan fingerprint density at radius 3 is 2.67 bits per heavy atom. The first kappa shape index (κ1) is 18.4. The number of rotatable bonds is 7. The number of hydrogen-bond acceptors (Lipinski definition) is 4. The van der Waals surface area contributed by atoms with Crippen LogP contribution in [0, 0.1) is 6.92 Å². The van der Waals surface area contributed by atoms with Crippen LogP contribution < -0.4 is 0 Å². The fraction of sp³-hybridized carbons (Fsp3) is 0.250. The molecule has 7 nitrogen and oxygen atoms in total. The van der Waals surface area contributed by atoms with Crippen LogP contribution in [0.25, 0.3) is 5.69 Å². The normalized spacial score (nSPS) is 10.7. The lowest BCUT2D eigenvalue weighted by Crippen LogP contribution is -2.26. The molecule has 0 bridgehead atoms. The van der Waals surface area contributed by atoms with Gasteiger partial charge in [-0.15, -0.1) is 0 Å². The average molecular weight is 367 g/mol. The van der Waals surface area contributed by atoms with E-state index in [1.807, 2.05) is 36.5 Å². The Bertz CT molecular complexity index is 943. The molecular formula is C20H21N3O4. The molecule has 3 rings (SSSR count). The number of carboxylic acid groups (broad SMARTS) is 1. The molecule has 1 N–H and O–H groups in total. The van der Waals surface area contributed by atoms with Crippen molar-refractivity contribution in [3.8, 4) is 5.69 Å². The molecule has 0 aliphatic carbocycles. The molecule has 1 amide bonds. The Morgan fingerprint density at radius 1 is 1.26 bits per heavy atom. The van der Waals surface area contributed by atoms with Crippen molar-refractivity contribution in [3.63, 3.8) is 0 Å². The smallest absolute Gasteiger partial charge is 0.339 e. The molecule has 0 unspecified atom stereocenters. The molecule has 2 aromatic heterocycles. The number of aryl methyl sites for hydroxylation is 2. The van der Waals surface area contributed by atoms with Crippen LogP contribution in [0.5, 0.6) is 0 Å². The first-order chi connectivity index (χ1) is 12.9. The van der Waals surface area contributed by atoms with E-state index in [9.17, 15) is 9.59 Å². The van der Waals surface area contributed by atoms with Gasteiger partial charge in [0.2, 0.25) is 5.91 Å². The van der Waals surface area contributed by atoms with Crippen molar-refractivity contribution in [2.75, 3.05) is 7.05 Å². The lowest BCUT2D eigenvalue weighted by atomic mass is 10.2. The van der Waals surface area contributed by atoms with Gasteiger partial charge in [-0.2, -0.15) is 5.10 Å². The van der Waals surface area contributed by atoms with Gasteiger partial charge in [0, 0.05) is 19.7 Å². The molecule has 0 radical (unpaired) electrons. The fourth-order valence-corrected chi connectivity index (χ4v) is 2.81. The first-order valence-electron chi connectivity index (χ1n) is 8.59. The maximum atomic E-state index is 12.4. The number of carboxylic acids is 1. The zero-order valence-electron chi connectivity index (χ0n) is 15.3. The summed E-state index contributed by atoms with van der Waals surface area (Å²) >= 11 is 0. The van der Waals surface area contributed by atoms with E-state index in [1.54, 1.807) is 24.9 Å². The van der Waals surface area contributed by atoms with Crippen molar-refractivity contribution in [2.45, 2.75) is 26.3 Å². The number of nitrogens with zero attached hydrogens (tertiary/aromatic N) is 3. The van der Waals surface area contributed by atoms with Crippen LogP contribution >= 0.6 is 0 Å². The predicted molar refractivity (Wildman–Crippen MR) is 98.8 cm³/mol. The zero-order chi connectivity index (χ0) is 19.4. The summed E-state index contributed by atoms with van der Waals surface area (Å²) in [6.07, 6.45) is 4.59. The van der Waals surface area contributed by atoms with Crippen molar-refractivity contribution in [2.24, 2.45) is 0 Å². The highest BCUT2D eigenvalue weighted by atomic mass is 16.4. The Balaban J connectivity index is 1.55. The number of carbonyl (C=O) groups is 2. The van der Waals surface area contributed by atoms with Gasteiger partial charge in [-0.05, 0) is 37.1 Å². The third-order valence-electron chi connectivity index (χ3n) is 4.30. The molecule has 7 heteroatoms. The number of carbonyl (C=O) groups excluding carboxylic acids is 1. The second-order valence-electron chi connectivity index (χ2n) is 6.37. The molecule has 140 valence electrons. The van der Waals surface area contributed by atoms with Gasteiger partial charge in [0.15, 0.2) is 0 Å². The molecule has 0 aliphatic rings. The number of benzene rings is 1. The van der Waals surface area contributed by atoms with E-state index in [0.29, 0.717) is 24.4 Å². The Kier molecular flexibility index (Phi) is 5.40. The highest BCUT2D eigenvalue weighted by molar-refractivity contribution is 5.88. The van der Waals surface area contributed by atoms with Gasteiger partial charge in [0.1, 0.15) is 17.1 Å². The van der Waals surface area contributed by atoms with E-state index < -0.39 is 5.97 Å². The van der Waals surface area contributed by atoms with E-state index in [0.717, 1.165) is 11.3 Å². The van der Waals surface area contributed by atoms with E-state index in [4.69, 9.17) is 9.52 Å². The molecule has 0 saturated heterocycles. The highest BCUT2D eigenvalue weighted by Crippen LogP contribution is 2.17. The SMILES string of the molecule is Cc1oc(CN(C)C(=O)CCc2cnn(-c3ccccc3)c2)cc1C(=O)O. The van der Waals surface area contributed by atoms with Crippen molar-refractivity contribution in [3.05, 3.63) is 71.4 Å². The summed E-state index contributed by atoms with van der Waals surface area (Å²) in [6, 6.07) is 11.2. The quantitative estimate of drug-likeness (QED) is 0.693. The third kappa shape index (κ3) is 4.44. The average Bonchev–Trinajstić information content (AvgIpc) is 3.27. The van der Waals surface area contributed by atoms with Gasteiger partial charge >= 0.3 is 5.97 Å². The molecule has 1 aromatic carbocycles. The van der Waals surface area contributed by atoms with Crippen LogP contribution in [0.4, 0.5) is 0 Å². The molecule has 3 aromatic rings. The predicted octanol–water partition coefficient (Wildman–Crippen LogP) is 3.06. The molecular weight excluding hydrogens is 346 g/mol. The number of aromatic nitrogens is 2. The van der Waals surface area contributed by atoms with Gasteiger partial charge in [0.05, 0.1) is 18.4 Å². The summed E-state index contributed by atoms with van der Waals surface area (Å²) in [7, 11) is 1.67. The van der Waals surface area contributed by atoms with Gasteiger partial charge < -0.3 is 14.4 Å². The van der Waals surface area contributed by atoms with Crippen LogP contribution in [-0.4, -0.2) is 38.7 Å². The minimum absolute atomic E-state index is 0.0478. The maximum absolute atomic E-state index is 12.4. The summed E-state index contributed by atoms with van der Waals surface area (Å²) in [4.78, 5) is 25.0. The standard InChI is InChI=1S/C20H21N3O4/c1-14-18(20(25)26)10-17(27-14)13-22(2)19(24)9-8-15-11-21-23(12-15)16-6-4-3-5-7-16/h3-7,10-12H,8-9,13H2,1-2H3,(H,25,26). The number of para-hydroxylation sites is 1. The molecule has 0 spiro atoms. The monoisotopic (exact) mass is 367 g/mol. The Labute approximate surface area is 156 Å². The first-order valence-corrected chi connectivity index (χ1v) is 8.59. The second kappa shape index (κ2) is 7.90. The largest absolute Gasteiger partial charge is 0.478 e. The van der Waals surface area contributed by atoms with E-state index in [-0.39, 0.29) is 18.0 Å². The van der Waals surface area contributed by atoms with E-state index in [2.05, 4.69) is 5.10 Å². The van der Waals surface area contributed by atoms with Crippen LogP contribution in [-0.2, 0) is 17.8 Å². The maximum Gasteiger partial charge on any atom is 0.339 e. The van der Waals surface area contributed by atoms with E-state index in [1.165, 1.54) is 11.0 Å². The lowest BCUT2D eigenvalue weighted by Gasteiger charge is -2.15. The molecule has 0 saturated carbocycles. The van der Waals surface area contributed by atoms with Gasteiger partial charge in [-0.3, -0.25) is 4.79 Å². The topological polar surface area (TPSA) is 88.6 Å². The fourth-order valence-electron chi connectivity index (χ4n) is 2.81. The Hall–Kier alpha value is -3.35. The summed E-state index contributed by atoms with van der Waals surface area (Å²) in [5, 5.41) is 13.4. The van der Waals surface area contributed by atoms with E-state index >= 15 is 0 Å². The molecule has 0 fully saturated rings. The van der Waals surface area contributed by atoms with Crippen LogP contribution in [0.3, 0.4) is 0 Å². The van der Waals surface area contributed by atoms with Crippen LogP contribution in [0.2, 0.25) is 0 Å². The summed E-state index contributed by atoms with van der Waals surface area (Å²) in [6.45, 7) is 1.83. The summed E-state index contributed by atoms with van der Waals surface area (Å²) in [5.41, 5.74) is 2.07. The van der Waals surface area contributed by atoms with Crippen molar-refractivity contribution < 1.29 is 19.1 Å². The number of hydrogen-bond donors (Lipinski definition) is 1. The highest BCUT2D eigenvalue weighted by Gasteiger charge is 2.17. The van der Waals surface area contributed by atoms with Crippen molar-refractivity contribution in [1.82, 2.24) is 14.7 Å². The lowest BCUT2D eigenvalue weighted by molar-refractivity contribution is -0.130. The van der Waals surface area contributed by atoms with Gasteiger partial charge in [-0.25, -0.2) is 9.48 Å². The molecule has 27 heavy (non-hydrogen) atoms. The van der Waals surface area contributed by atoms with Gasteiger partial charge in [-0.1, -0.05) is 18.2 Å². The van der Waals surface area contributed by atoms with Crippen molar-refractivity contribution >= 4 is 11.9 Å². The number of furan rings is 1. The molecule has 0 atom stereocenters. The molecule has 2 heterocycles. The number of amides is 1. The van der Waals surface area contributed by atoms with Crippen molar-refractivity contribution in [1.29, 1.82) is 0 Å². The minimum Gasteiger partial charge on any atom is -0.478 e. The Morgan fingerprint density at radius 2 is 2.00 bits per heavy atom. The molecule has 0 aliphatic heterocycles. The summed E-state index contributed by atoms with van der Waals surface area (Å²) < 4.78 is 7.20. The third-order valence-corrected chi connectivity index (χ3v) is 4.30. The minimum atomic E-state index is -1.04.